The average molecular weight is 443 g/mol. The molecule has 0 aromatic heterocycles. The van der Waals surface area contributed by atoms with Crippen molar-refractivity contribution in [3.05, 3.63) is 59.2 Å². The molecule has 0 atom stereocenters. The normalized spacial score (nSPS) is 16.3. The highest BCUT2D eigenvalue weighted by atomic mass is 19.1. The zero-order valence-corrected chi connectivity index (χ0v) is 19.0. The minimum atomic E-state index is -0.111. The van der Waals surface area contributed by atoms with E-state index in [0.717, 1.165) is 100 Å². The van der Waals surface area contributed by atoms with Crippen molar-refractivity contribution < 1.29 is 8.78 Å². The summed E-state index contributed by atoms with van der Waals surface area (Å²) in [6, 6.07) is 11.2. The Morgan fingerprint density at radius 1 is 0.625 bits per heavy atom. The van der Waals surface area contributed by atoms with Crippen molar-refractivity contribution in [1.82, 2.24) is 10.6 Å². The number of halogens is 2. The van der Waals surface area contributed by atoms with Gasteiger partial charge in [0.05, 0.1) is 11.4 Å². The fourth-order valence-corrected chi connectivity index (χ4v) is 4.72. The van der Waals surface area contributed by atoms with Crippen LogP contribution in [0.3, 0.4) is 0 Å². The maximum Gasteiger partial charge on any atom is 0.146 e. The van der Waals surface area contributed by atoms with Crippen LogP contribution in [0.1, 0.15) is 49.7 Å². The summed E-state index contributed by atoms with van der Waals surface area (Å²) in [6.07, 6.45) is 6.70. The standard InChI is InChI=1S/C26H36F2N4/c27-23-17-21(7-9-25(23)31-13-3-4-14-31)19-29-11-1-2-12-30-20-22-8-10-26(24(28)18-22)32-15-5-6-16-32/h7-10,17-18,29-30H,1-6,11-16,19-20H2. The van der Waals surface area contributed by atoms with E-state index in [4.69, 9.17) is 0 Å². The molecule has 2 aromatic carbocycles. The number of hydrogen-bond acceptors (Lipinski definition) is 4. The first kappa shape index (κ1) is 23.0. The highest BCUT2D eigenvalue weighted by Gasteiger charge is 2.17. The van der Waals surface area contributed by atoms with Crippen LogP contribution in [-0.4, -0.2) is 39.3 Å². The van der Waals surface area contributed by atoms with Gasteiger partial charge in [-0.25, -0.2) is 8.78 Å². The van der Waals surface area contributed by atoms with Gasteiger partial charge in [0.15, 0.2) is 0 Å². The number of rotatable bonds is 11. The summed E-state index contributed by atoms with van der Waals surface area (Å²) in [5.41, 5.74) is 3.46. The molecule has 2 fully saturated rings. The fraction of sp³-hybridized carbons (Fsp3) is 0.538. The topological polar surface area (TPSA) is 30.5 Å². The Bertz CT molecular complexity index is 789. The van der Waals surface area contributed by atoms with Crippen LogP contribution in [0, 0.1) is 11.6 Å². The van der Waals surface area contributed by atoms with Crippen LogP contribution >= 0.6 is 0 Å². The third-order valence-corrected chi connectivity index (χ3v) is 6.53. The molecule has 6 heteroatoms. The van der Waals surface area contributed by atoms with Gasteiger partial charge in [-0.3, -0.25) is 0 Å². The maximum atomic E-state index is 14.4. The predicted molar refractivity (Wildman–Crippen MR) is 128 cm³/mol. The van der Waals surface area contributed by atoms with Crippen molar-refractivity contribution in [3.8, 4) is 0 Å². The molecule has 0 saturated carbocycles. The number of anilines is 2. The van der Waals surface area contributed by atoms with Crippen LogP contribution < -0.4 is 20.4 Å². The Morgan fingerprint density at radius 3 is 1.41 bits per heavy atom. The Balaban J connectivity index is 1.08. The van der Waals surface area contributed by atoms with Crippen molar-refractivity contribution in [2.45, 2.75) is 51.6 Å². The van der Waals surface area contributed by atoms with Gasteiger partial charge >= 0.3 is 0 Å². The Hall–Kier alpha value is -2.18. The molecule has 0 aliphatic carbocycles. The minimum Gasteiger partial charge on any atom is -0.369 e. The van der Waals surface area contributed by atoms with E-state index < -0.39 is 0 Å². The zero-order valence-electron chi connectivity index (χ0n) is 19.0. The molecule has 2 saturated heterocycles. The lowest BCUT2D eigenvalue weighted by Crippen LogP contribution is -2.20. The van der Waals surface area contributed by atoms with Crippen LogP contribution in [0.4, 0.5) is 20.2 Å². The van der Waals surface area contributed by atoms with Gasteiger partial charge < -0.3 is 20.4 Å². The van der Waals surface area contributed by atoms with Crippen LogP contribution in [0.5, 0.6) is 0 Å². The second-order valence-electron chi connectivity index (χ2n) is 9.02. The molecule has 2 aromatic rings. The lowest BCUT2D eigenvalue weighted by atomic mass is 10.1. The highest BCUT2D eigenvalue weighted by Crippen LogP contribution is 2.25. The molecule has 4 rings (SSSR count). The van der Waals surface area contributed by atoms with Crippen LogP contribution in [-0.2, 0) is 13.1 Å². The molecule has 0 bridgehead atoms. The van der Waals surface area contributed by atoms with Gasteiger partial charge in [-0.2, -0.15) is 0 Å². The quantitative estimate of drug-likeness (QED) is 0.488. The molecule has 2 heterocycles. The summed E-state index contributed by atoms with van der Waals surface area (Å²) >= 11 is 0. The molecule has 2 aliphatic rings. The molecule has 0 unspecified atom stereocenters. The number of nitrogens with zero attached hydrogens (tertiary/aromatic N) is 2. The van der Waals surface area contributed by atoms with E-state index >= 15 is 0 Å². The average Bonchev–Trinajstić information content (AvgIpc) is 3.50. The predicted octanol–water partition coefficient (Wildman–Crippen LogP) is 4.82. The van der Waals surface area contributed by atoms with E-state index in [9.17, 15) is 8.78 Å². The van der Waals surface area contributed by atoms with Gasteiger partial charge in [-0.1, -0.05) is 12.1 Å². The molecule has 4 nitrogen and oxygen atoms in total. The number of hydrogen-bond donors (Lipinski definition) is 2. The van der Waals surface area contributed by atoms with Gasteiger partial charge in [0.25, 0.3) is 0 Å². The second-order valence-corrected chi connectivity index (χ2v) is 9.02. The van der Waals surface area contributed by atoms with E-state index in [0.29, 0.717) is 13.1 Å². The first-order valence-electron chi connectivity index (χ1n) is 12.2. The smallest absolute Gasteiger partial charge is 0.146 e. The summed E-state index contributed by atoms with van der Waals surface area (Å²) in [4.78, 5) is 4.27. The summed E-state index contributed by atoms with van der Waals surface area (Å²) in [5, 5.41) is 6.81. The molecule has 174 valence electrons. The largest absolute Gasteiger partial charge is 0.369 e. The molecule has 0 amide bonds. The second kappa shape index (κ2) is 11.6. The summed E-state index contributed by atoms with van der Waals surface area (Å²) in [5.74, 6) is -0.222. The third-order valence-electron chi connectivity index (χ3n) is 6.53. The monoisotopic (exact) mass is 442 g/mol. The van der Waals surface area contributed by atoms with Gasteiger partial charge in [0.1, 0.15) is 11.6 Å². The molecule has 2 N–H and O–H groups in total. The van der Waals surface area contributed by atoms with Gasteiger partial charge in [0, 0.05) is 39.3 Å². The Kier molecular flexibility index (Phi) is 8.35. The van der Waals surface area contributed by atoms with Gasteiger partial charge in [-0.05, 0) is 87.0 Å². The van der Waals surface area contributed by atoms with Crippen molar-refractivity contribution >= 4 is 11.4 Å². The summed E-state index contributed by atoms with van der Waals surface area (Å²) < 4.78 is 28.8. The van der Waals surface area contributed by atoms with Crippen molar-refractivity contribution in [2.75, 3.05) is 49.1 Å². The van der Waals surface area contributed by atoms with Crippen molar-refractivity contribution in [1.29, 1.82) is 0 Å². The minimum absolute atomic E-state index is 0.111. The van der Waals surface area contributed by atoms with Crippen molar-refractivity contribution in [3.63, 3.8) is 0 Å². The van der Waals surface area contributed by atoms with Crippen molar-refractivity contribution in [2.24, 2.45) is 0 Å². The molecular formula is C26H36F2N4. The van der Waals surface area contributed by atoms with Crippen LogP contribution in [0.2, 0.25) is 0 Å². The fourth-order valence-electron chi connectivity index (χ4n) is 4.72. The van der Waals surface area contributed by atoms with E-state index in [1.54, 1.807) is 12.1 Å². The summed E-state index contributed by atoms with van der Waals surface area (Å²) in [7, 11) is 0. The van der Waals surface area contributed by atoms with Gasteiger partial charge in [0.2, 0.25) is 0 Å². The Labute approximate surface area is 191 Å². The zero-order chi connectivity index (χ0) is 22.2. The van der Waals surface area contributed by atoms with Crippen LogP contribution in [0.25, 0.3) is 0 Å². The first-order chi connectivity index (χ1) is 15.7. The number of benzene rings is 2. The lowest BCUT2D eigenvalue weighted by Gasteiger charge is -2.19. The Morgan fingerprint density at radius 2 is 1.03 bits per heavy atom. The number of unbranched alkanes of at least 4 members (excludes halogenated alkanes) is 1. The summed E-state index contributed by atoms with van der Waals surface area (Å²) in [6.45, 7) is 7.01. The van der Waals surface area contributed by atoms with E-state index in [1.807, 2.05) is 24.3 Å². The molecule has 2 aliphatic heterocycles. The number of nitrogens with one attached hydrogen (secondary N) is 2. The van der Waals surface area contributed by atoms with E-state index in [-0.39, 0.29) is 11.6 Å². The van der Waals surface area contributed by atoms with E-state index in [1.165, 1.54) is 0 Å². The molecule has 32 heavy (non-hydrogen) atoms. The molecule has 0 spiro atoms. The highest BCUT2D eigenvalue weighted by molar-refractivity contribution is 5.50. The third kappa shape index (κ3) is 6.20. The first-order valence-corrected chi connectivity index (χ1v) is 12.2. The SMILES string of the molecule is Fc1cc(CNCCCCNCc2ccc(N3CCCC3)c(F)c2)ccc1N1CCCC1. The molecule has 0 radical (unpaired) electrons. The van der Waals surface area contributed by atoms with Crippen LogP contribution in [0.15, 0.2) is 36.4 Å². The lowest BCUT2D eigenvalue weighted by molar-refractivity contribution is 0.576. The maximum absolute atomic E-state index is 14.4. The van der Waals surface area contributed by atoms with E-state index in [2.05, 4.69) is 20.4 Å². The molecular weight excluding hydrogens is 406 g/mol. The van der Waals surface area contributed by atoms with Gasteiger partial charge in [-0.15, -0.1) is 0 Å².